The zero-order valence-corrected chi connectivity index (χ0v) is 17.7. The van der Waals surface area contributed by atoms with E-state index in [0.29, 0.717) is 10.6 Å². The fraction of sp³-hybridized carbons (Fsp3) is 0. The fourth-order valence-corrected chi connectivity index (χ4v) is 4.14. The normalized spacial score (nSPS) is 10.6. The van der Waals surface area contributed by atoms with Gasteiger partial charge >= 0.3 is 0 Å². The third-order valence-electron chi connectivity index (χ3n) is 4.13. The van der Waals surface area contributed by atoms with Crippen LogP contribution in [0.15, 0.2) is 82.6 Å². The highest BCUT2D eigenvalue weighted by atomic mass is 79.9. The Balaban J connectivity index is 1.57. The number of halogens is 2. The topological polar surface area (TPSA) is 42.0 Å². The molecule has 0 spiro atoms. The smallest absolute Gasteiger partial charge is 0.255 e. The zero-order valence-electron chi connectivity index (χ0n) is 14.5. The largest absolute Gasteiger partial charge is 0.322 e. The summed E-state index contributed by atoms with van der Waals surface area (Å²) in [4.78, 5) is 17.2. The van der Waals surface area contributed by atoms with Gasteiger partial charge in [0.15, 0.2) is 0 Å². The number of nitrogens with zero attached hydrogens (tertiary/aromatic N) is 1. The van der Waals surface area contributed by atoms with Crippen LogP contribution in [-0.4, -0.2) is 10.9 Å². The van der Waals surface area contributed by atoms with Gasteiger partial charge in [0.25, 0.3) is 5.91 Å². The molecule has 0 saturated carbocycles. The van der Waals surface area contributed by atoms with E-state index >= 15 is 0 Å². The van der Waals surface area contributed by atoms with Gasteiger partial charge < -0.3 is 5.32 Å². The summed E-state index contributed by atoms with van der Waals surface area (Å²) in [6, 6.07) is 22.6. The SMILES string of the molecule is O=C(Nc1cccc(-c2csc(-c3ccccc3Cl)n2)c1)c1ccc(Br)cc1. The molecule has 0 aliphatic rings. The summed E-state index contributed by atoms with van der Waals surface area (Å²) in [6.45, 7) is 0. The van der Waals surface area contributed by atoms with Crippen LogP contribution in [-0.2, 0) is 0 Å². The van der Waals surface area contributed by atoms with Crippen molar-refractivity contribution >= 4 is 50.5 Å². The van der Waals surface area contributed by atoms with Gasteiger partial charge in [-0.05, 0) is 42.5 Å². The second-order valence-corrected chi connectivity index (χ2v) is 8.24. The second kappa shape index (κ2) is 8.27. The summed E-state index contributed by atoms with van der Waals surface area (Å²) >= 11 is 11.2. The lowest BCUT2D eigenvalue weighted by Gasteiger charge is -2.07. The van der Waals surface area contributed by atoms with Crippen molar-refractivity contribution in [3.63, 3.8) is 0 Å². The lowest BCUT2D eigenvalue weighted by molar-refractivity contribution is 0.102. The highest BCUT2D eigenvalue weighted by molar-refractivity contribution is 9.10. The van der Waals surface area contributed by atoms with Gasteiger partial charge in [-0.1, -0.05) is 57.9 Å². The van der Waals surface area contributed by atoms with Crippen molar-refractivity contribution in [2.24, 2.45) is 0 Å². The standard InChI is InChI=1S/C22H14BrClN2OS/c23-16-10-8-14(9-11-16)21(27)25-17-5-3-4-15(12-17)20-13-28-22(26-20)18-6-1-2-7-19(18)24/h1-13H,(H,25,27). The van der Waals surface area contributed by atoms with E-state index in [1.807, 2.05) is 66.0 Å². The molecular formula is C22H14BrClN2OS. The van der Waals surface area contributed by atoms with Gasteiger partial charge in [0.1, 0.15) is 5.01 Å². The van der Waals surface area contributed by atoms with Crippen LogP contribution in [0.5, 0.6) is 0 Å². The molecule has 3 aromatic carbocycles. The van der Waals surface area contributed by atoms with Crippen molar-refractivity contribution < 1.29 is 4.79 Å². The van der Waals surface area contributed by atoms with Gasteiger partial charge in [-0.2, -0.15) is 0 Å². The maximum Gasteiger partial charge on any atom is 0.255 e. The predicted octanol–water partition coefficient (Wildman–Crippen LogP) is 7.15. The Morgan fingerprint density at radius 1 is 1.00 bits per heavy atom. The third-order valence-corrected chi connectivity index (χ3v) is 5.86. The lowest BCUT2D eigenvalue weighted by atomic mass is 10.1. The quantitative estimate of drug-likeness (QED) is 0.345. The number of hydrogen-bond acceptors (Lipinski definition) is 3. The molecule has 0 saturated heterocycles. The Kier molecular flexibility index (Phi) is 5.57. The number of nitrogens with one attached hydrogen (secondary N) is 1. The minimum absolute atomic E-state index is 0.153. The van der Waals surface area contributed by atoms with Crippen LogP contribution >= 0.6 is 38.9 Å². The Labute approximate surface area is 180 Å². The second-order valence-electron chi connectivity index (χ2n) is 6.06. The maximum atomic E-state index is 12.4. The molecule has 0 fully saturated rings. The summed E-state index contributed by atoms with van der Waals surface area (Å²) in [5.41, 5.74) is 4.02. The molecule has 0 bridgehead atoms. The Bertz CT molecular complexity index is 1140. The van der Waals surface area contributed by atoms with Gasteiger partial charge in [0.2, 0.25) is 0 Å². The van der Waals surface area contributed by atoms with Crippen LogP contribution < -0.4 is 5.32 Å². The van der Waals surface area contributed by atoms with Crippen molar-refractivity contribution in [2.45, 2.75) is 0 Å². The number of thiazole rings is 1. The number of aromatic nitrogens is 1. The van der Waals surface area contributed by atoms with Crippen LogP contribution in [0, 0.1) is 0 Å². The highest BCUT2D eigenvalue weighted by Gasteiger charge is 2.11. The molecule has 1 heterocycles. The molecule has 0 unspecified atom stereocenters. The average Bonchev–Trinajstić information content (AvgIpc) is 3.19. The number of rotatable bonds is 4. The highest BCUT2D eigenvalue weighted by Crippen LogP contribution is 2.33. The molecule has 1 amide bonds. The Morgan fingerprint density at radius 3 is 2.57 bits per heavy atom. The van der Waals surface area contributed by atoms with E-state index in [1.165, 1.54) is 0 Å². The molecule has 0 aliphatic heterocycles. The summed E-state index contributed by atoms with van der Waals surface area (Å²) in [5.74, 6) is -0.153. The first-order valence-corrected chi connectivity index (χ1v) is 10.5. The number of carbonyl (C=O) groups is 1. The summed E-state index contributed by atoms with van der Waals surface area (Å²) < 4.78 is 0.934. The van der Waals surface area contributed by atoms with Crippen molar-refractivity contribution in [3.05, 3.63) is 93.2 Å². The first kappa shape index (κ1) is 18.9. The molecule has 4 aromatic rings. The fourth-order valence-electron chi connectivity index (χ4n) is 2.73. The van der Waals surface area contributed by atoms with Crippen LogP contribution in [0.2, 0.25) is 5.02 Å². The van der Waals surface area contributed by atoms with Gasteiger partial charge in [-0.25, -0.2) is 4.98 Å². The van der Waals surface area contributed by atoms with E-state index in [0.717, 1.165) is 32.0 Å². The number of hydrogen-bond donors (Lipinski definition) is 1. The summed E-state index contributed by atoms with van der Waals surface area (Å²) in [6.07, 6.45) is 0. The van der Waals surface area contributed by atoms with E-state index in [9.17, 15) is 4.79 Å². The number of amides is 1. The van der Waals surface area contributed by atoms with Crippen LogP contribution in [0.1, 0.15) is 10.4 Å². The molecule has 1 aromatic heterocycles. The third kappa shape index (κ3) is 4.17. The van der Waals surface area contributed by atoms with Crippen LogP contribution in [0.4, 0.5) is 5.69 Å². The van der Waals surface area contributed by atoms with E-state index in [4.69, 9.17) is 16.6 Å². The zero-order chi connectivity index (χ0) is 19.5. The van der Waals surface area contributed by atoms with E-state index < -0.39 is 0 Å². The summed E-state index contributed by atoms with van der Waals surface area (Å²) in [7, 11) is 0. The average molecular weight is 470 g/mol. The van der Waals surface area contributed by atoms with Crippen molar-refractivity contribution in [1.29, 1.82) is 0 Å². The first-order chi connectivity index (χ1) is 13.6. The molecule has 0 radical (unpaired) electrons. The molecule has 138 valence electrons. The molecule has 4 rings (SSSR count). The van der Waals surface area contributed by atoms with E-state index in [2.05, 4.69) is 21.2 Å². The predicted molar refractivity (Wildman–Crippen MR) is 120 cm³/mol. The van der Waals surface area contributed by atoms with Gasteiger partial charge in [0.05, 0.1) is 10.7 Å². The molecule has 28 heavy (non-hydrogen) atoms. The Morgan fingerprint density at radius 2 is 1.79 bits per heavy atom. The molecule has 3 nitrogen and oxygen atoms in total. The van der Waals surface area contributed by atoms with E-state index in [1.54, 1.807) is 23.5 Å². The Hall–Kier alpha value is -2.47. The van der Waals surface area contributed by atoms with Crippen molar-refractivity contribution in [2.75, 3.05) is 5.32 Å². The molecule has 1 N–H and O–H groups in total. The molecule has 0 aliphatic carbocycles. The molecular weight excluding hydrogens is 456 g/mol. The first-order valence-electron chi connectivity index (χ1n) is 8.48. The van der Waals surface area contributed by atoms with Gasteiger partial charge in [-0.3, -0.25) is 4.79 Å². The molecule has 6 heteroatoms. The van der Waals surface area contributed by atoms with Gasteiger partial charge in [0, 0.05) is 32.2 Å². The van der Waals surface area contributed by atoms with Crippen molar-refractivity contribution in [3.8, 4) is 21.8 Å². The van der Waals surface area contributed by atoms with Crippen LogP contribution in [0.3, 0.4) is 0 Å². The summed E-state index contributed by atoms with van der Waals surface area (Å²) in [5, 5.41) is 6.48. The number of anilines is 1. The minimum Gasteiger partial charge on any atom is -0.322 e. The maximum absolute atomic E-state index is 12.4. The van der Waals surface area contributed by atoms with Crippen LogP contribution in [0.25, 0.3) is 21.8 Å². The minimum atomic E-state index is -0.153. The number of carbonyl (C=O) groups excluding carboxylic acids is 1. The molecule has 0 atom stereocenters. The van der Waals surface area contributed by atoms with Crippen molar-refractivity contribution in [1.82, 2.24) is 4.98 Å². The van der Waals surface area contributed by atoms with E-state index in [-0.39, 0.29) is 5.91 Å². The number of benzene rings is 3. The van der Waals surface area contributed by atoms with Gasteiger partial charge in [-0.15, -0.1) is 11.3 Å². The lowest BCUT2D eigenvalue weighted by Crippen LogP contribution is -2.11. The monoisotopic (exact) mass is 468 g/mol.